The minimum Gasteiger partial charge on any atom is -0.350 e. The molecule has 1 aromatic heterocycles. The first-order chi connectivity index (χ1) is 10.3. The van der Waals surface area contributed by atoms with Gasteiger partial charge in [-0.3, -0.25) is 14.3 Å². The van der Waals surface area contributed by atoms with Crippen molar-refractivity contribution >= 4 is 23.6 Å². The molecule has 1 aromatic rings. The summed E-state index contributed by atoms with van der Waals surface area (Å²) in [5.41, 5.74) is 0.757. The lowest BCUT2D eigenvalue weighted by Gasteiger charge is -2.27. The number of hydrogen-bond acceptors (Lipinski definition) is 4. The molecule has 0 radical (unpaired) electrons. The van der Waals surface area contributed by atoms with E-state index in [0.717, 1.165) is 5.56 Å². The lowest BCUT2D eigenvalue weighted by molar-refractivity contribution is -0.138. The average molecular weight is 324 g/mol. The first-order valence-electron chi connectivity index (χ1n) is 7.43. The van der Waals surface area contributed by atoms with Gasteiger partial charge in [0.15, 0.2) is 0 Å². The van der Waals surface area contributed by atoms with Crippen LogP contribution in [0.4, 0.5) is 0 Å². The topological polar surface area (TPSA) is 67.2 Å². The number of carbonyl (C=O) groups excluding carboxylic acids is 2. The Labute approximate surface area is 135 Å². The number of thioether (sulfide) groups is 1. The molecule has 22 heavy (non-hydrogen) atoms. The van der Waals surface area contributed by atoms with Crippen LogP contribution in [0.25, 0.3) is 0 Å². The Morgan fingerprint density at radius 3 is 2.77 bits per heavy atom. The Kier molecular flexibility index (Phi) is 5.16. The van der Waals surface area contributed by atoms with Gasteiger partial charge >= 0.3 is 0 Å². The van der Waals surface area contributed by atoms with Crippen molar-refractivity contribution in [3.8, 4) is 0 Å². The van der Waals surface area contributed by atoms with E-state index in [1.165, 1.54) is 0 Å². The quantitative estimate of drug-likeness (QED) is 0.903. The number of rotatable bonds is 4. The molecule has 122 valence electrons. The van der Waals surface area contributed by atoms with Crippen molar-refractivity contribution in [1.29, 1.82) is 0 Å². The first-order valence-corrected chi connectivity index (χ1v) is 8.58. The normalized spacial score (nSPS) is 18.5. The highest BCUT2D eigenvalue weighted by molar-refractivity contribution is 7.99. The zero-order chi connectivity index (χ0) is 16.3. The maximum Gasteiger partial charge on any atom is 0.244 e. The van der Waals surface area contributed by atoms with Gasteiger partial charge in [0.1, 0.15) is 6.04 Å². The lowest BCUT2D eigenvalue weighted by Crippen LogP contribution is -2.52. The van der Waals surface area contributed by atoms with Crippen molar-refractivity contribution in [3.63, 3.8) is 0 Å². The van der Waals surface area contributed by atoms with E-state index in [9.17, 15) is 9.59 Å². The van der Waals surface area contributed by atoms with E-state index in [4.69, 9.17) is 0 Å². The van der Waals surface area contributed by atoms with Crippen LogP contribution in [0.1, 0.15) is 32.8 Å². The smallest absolute Gasteiger partial charge is 0.244 e. The molecule has 1 aliphatic heterocycles. The second-order valence-electron chi connectivity index (χ2n) is 6.64. The van der Waals surface area contributed by atoms with E-state index in [1.54, 1.807) is 27.5 Å². The number of nitrogens with one attached hydrogen (secondary N) is 1. The van der Waals surface area contributed by atoms with E-state index >= 15 is 0 Å². The zero-order valence-corrected chi connectivity index (χ0v) is 14.4. The Hall–Kier alpha value is -1.50. The summed E-state index contributed by atoms with van der Waals surface area (Å²) in [6, 6.07) is -0.356. The third kappa shape index (κ3) is 4.50. The van der Waals surface area contributed by atoms with E-state index in [2.05, 4.69) is 10.4 Å². The average Bonchev–Trinajstić information content (AvgIpc) is 3.02. The van der Waals surface area contributed by atoms with Crippen LogP contribution in [-0.2, 0) is 23.1 Å². The van der Waals surface area contributed by atoms with Crippen LogP contribution in [0.3, 0.4) is 0 Å². The minimum atomic E-state index is -0.356. The van der Waals surface area contributed by atoms with Crippen LogP contribution in [0.5, 0.6) is 0 Å². The second-order valence-corrected chi connectivity index (χ2v) is 7.64. The van der Waals surface area contributed by atoms with Gasteiger partial charge in [-0.2, -0.15) is 5.10 Å². The van der Waals surface area contributed by atoms with E-state index in [-0.39, 0.29) is 23.4 Å². The molecule has 0 unspecified atom stereocenters. The highest BCUT2D eigenvalue weighted by atomic mass is 32.2. The summed E-state index contributed by atoms with van der Waals surface area (Å²) in [6.45, 7) is 5.84. The molecule has 0 spiro atoms. The number of nitrogens with zero attached hydrogens (tertiary/aromatic N) is 3. The van der Waals surface area contributed by atoms with Crippen LogP contribution in [-0.4, -0.2) is 49.7 Å². The zero-order valence-electron chi connectivity index (χ0n) is 13.6. The van der Waals surface area contributed by atoms with Crippen molar-refractivity contribution in [3.05, 3.63) is 18.0 Å². The summed E-state index contributed by atoms with van der Waals surface area (Å²) in [5.74, 6) is 1.23. The number of aromatic nitrogens is 2. The van der Waals surface area contributed by atoms with Crippen molar-refractivity contribution in [2.75, 3.05) is 11.6 Å². The molecule has 1 aliphatic rings. The van der Waals surface area contributed by atoms with Gasteiger partial charge in [0, 0.05) is 31.0 Å². The second kappa shape index (κ2) is 6.73. The molecule has 0 aliphatic carbocycles. The monoisotopic (exact) mass is 324 g/mol. The van der Waals surface area contributed by atoms with Crippen LogP contribution in [0.2, 0.25) is 0 Å². The minimum absolute atomic E-state index is 0.0305. The maximum absolute atomic E-state index is 12.4. The molecule has 0 saturated carbocycles. The molecule has 1 fully saturated rings. The predicted octanol–water partition coefficient (Wildman–Crippen LogP) is 1.17. The van der Waals surface area contributed by atoms with Gasteiger partial charge in [0.2, 0.25) is 11.8 Å². The van der Waals surface area contributed by atoms with Gasteiger partial charge in [-0.1, -0.05) is 0 Å². The predicted molar refractivity (Wildman–Crippen MR) is 87.4 cm³/mol. The summed E-state index contributed by atoms with van der Waals surface area (Å²) in [5, 5.41) is 7.06. The summed E-state index contributed by atoms with van der Waals surface area (Å²) >= 11 is 1.63. The summed E-state index contributed by atoms with van der Waals surface area (Å²) in [6.07, 6.45) is 4.75. The van der Waals surface area contributed by atoms with Crippen molar-refractivity contribution in [2.45, 2.75) is 45.2 Å². The Bertz CT molecular complexity index is 550. The molecule has 1 N–H and O–H groups in total. The van der Waals surface area contributed by atoms with Crippen LogP contribution in [0, 0.1) is 0 Å². The molecule has 2 amide bonds. The van der Waals surface area contributed by atoms with Gasteiger partial charge < -0.3 is 10.2 Å². The largest absolute Gasteiger partial charge is 0.350 e. The molecular formula is C15H24N4O2S. The third-order valence-electron chi connectivity index (χ3n) is 3.39. The molecule has 6 nitrogen and oxygen atoms in total. The summed E-state index contributed by atoms with van der Waals surface area (Å²) in [4.78, 5) is 26.4. The highest BCUT2D eigenvalue weighted by Crippen LogP contribution is 2.23. The van der Waals surface area contributed by atoms with Gasteiger partial charge in [-0.25, -0.2) is 0 Å². The van der Waals surface area contributed by atoms with E-state index < -0.39 is 0 Å². The maximum atomic E-state index is 12.4. The third-order valence-corrected chi connectivity index (χ3v) is 4.40. The number of carbonyl (C=O) groups is 2. The van der Waals surface area contributed by atoms with Gasteiger partial charge in [-0.15, -0.1) is 11.8 Å². The summed E-state index contributed by atoms with van der Waals surface area (Å²) in [7, 11) is 1.86. The fourth-order valence-corrected chi connectivity index (χ4v) is 3.54. The summed E-state index contributed by atoms with van der Waals surface area (Å²) < 4.78 is 1.73. The number of aryl methyl sites for hydroxylation is 2. The standard InChI is InChI=1S/C15H24N4O2S/c1-15(2,3)17-14(21)12-9-22-10-19(12)13(20)6-5-11-7-16-18(4)8-11/h7-8,12H,5-6,9-10H2,1-4H3,(H,17,21)/t12-/m1/s1. The first kappa shape index (κ1) is 16.9. The number of hydrogen-bond donors (Lipinski definition) is 1. The SMILES string of the molecule is Cn1cc(CCC(=O)N2CSC[C@@H]2C(=O)NC(C)(C)C)cn1. The van der Waals surface area contributed by atoms with Crippen molar-refractivity contribution < 1.29 is 9.59 Å². The fraction of sp³-hybridized carbons (Fsp3) is 0.667. The van der Waals surface area contributed by atoms with Crippen LogP contribution in [0.15, 0.2) is 12.4 Å². The lowest BCUT2D eigenvalue weighted by atomic mass is 10.1. The van der Waals surface area contributed by atoms with E-state index in [1.807, 2.05) is 34.0 Å². The Morgan fingerprint density at radius 1 is 1.45 bits per heavy atom. The van der Waals surface area contributed by atoms with Crippen LogP contribution < -0.4 is 5.32 Å². The molecule has 0 aromatic carbocycles. The molecular weight excluding hydrogens is 300 g/mol. The number of amides is 2. The van der Waals surface area contributed by atoms with Gasteiger partial charge in [0.05, 0.1) is 12.1 Å². The highest BCUT2D eigenvalue weighted by Gasteiger charge is 2.35. The Morgan fingerprint density at radius 2 is 2.18 bits per heavy atom. The molecule has 2 heterocycles. The van der Waals surface area contributed by atoms with E-state index in [0.29, 0.717) is 24.5 Å². The van der Waals surface area contributed by atoms with Gasteiger partial charge in [0.25, 0.3) is 0 Å². The molecule has 7 heteroatoms. The molecule has 0 bridgehead atoms. The van der Waals surface area contributed by atoms with Crippen molar-refractivity contribution in [2.24, 2.45) is 7.05 Å². The molecule has 1 atom stereocenters. The fourth-order valence-electron chi connectivity index (χ4n) is 2.35. The molecule has 1 saturated heterocycles. The Balaban J connectivity index is 1.91. The molecule has 2 rings (SSSR count). The van der Waals surface area contributed by atoms with Crippen LogP contribution >= 0.6 is 11.8 Å². The van der Waals surface area contributed by atoms with Gasteiger partial charge in [-0.05, 0) is 32.8 Å². The van der Waals surface area contributed by atoms with Crippen molar-refractivity contribution in [1.82, 2.24) is 20.0 Å².